The maximum Gasteiger partial charge on any atom is 0.178 e. The van der Waals surface area contributed by atoms with Gasteiger partial charge in [0.2, 0.25) is 0 Å². The Kier molecular flexibility index (Phi) is 1.92. The fourth-order valence-corrected chi connectivity index (χ4v) is 1.02. The normalized spacial score (nSPS) is 25.1. The quantitative estimate of drug-likeness (QED) is 0.529. The van der Waals surface area contributed by atoms with Crippen molar-refractivity contribution in [3.05, 3.63) is 23.3 Å². The molecule has 0 aliphatic heterocycles. The number of rotatable bonds is 1. The van der Waals surface area contributed by atoms with Gasteiger partial charge >= 0.3 is 0 Å². The van der Waals surface area contributed by atoms with Crippen LogP contribution in [0.4, 0.5) is 0 Å². The van der Waals surface area contributed by atoms with Crippen molar-refractivity contribution in [1.82, 2.24) is 0 Å². The minimum atomic E-state index is -1.31. The van der Waals surface area contributed by atoms with Crippen LogP contribution in [0, 0.1) is 5.92 Å². The second-order valence-electron chi connectivity index (χ2n) is 2.72. The van der Waals surface area contributed by atoms with Gasteiger partial charge in [-0.1, -0.05) is 24.6 Å². The van der Waals surface area contributed by atoms with Crippen molar-refractivity contribution in [2.24, 2.45) is 5.92 Å². The van der Waals surface area contributed by atoms with Crippen LogP contribution >= 0.6 is 0 Å². The summed E-state index contributed by atoms with van der Waals surface area (Å²) in [6, 6.07) is 0. The van der Waals surface area contributed by atoms with Gasteiger partial charge in [-0.25, -0.2) is 0 Å². The first-order chi connectivity index (χ1) is 4.61. The molecule has 0 saturated carbocycles. The molecule has 2 heteroatoms. The molecule has 0 heterocycles. The Morgan fingerprint density at radius 2 is 2.10 bits per heavy atom. The van der Waals surface area contributed by atoms with E-state index >= 15 is 0 Å². The Labute approximate surface area is 60.5 Å². The van der Waals surface area contributed by atoms with Crippen molar-refractivity contribution in [2.75, 3.05) is 0 Å². The zero-order valence-electron chi connectivity index (χ0n) is 6.20. The second-order valence-corrected chi connectivity index (χ2v) is 2.72. The molecule has 0 spiro atoms. The first-order valence-corrected chi connectivity index (χ1v) is 3.37. The molecule has 2 nitrogen and oxygen atoms in total. The van der Waals surface area contributed by atoms with Crippen LogP contribution in [0.5, 0.6) is 0 Å². The fourth-order valence-electron chi connectivity index (χ4n) is 1.02. The Morgan fingerprint density at radius 1 is 1.50 bits per heavy atom. The highest BCUT2D eigenvalue weighted by molar-refractivity contribution is 5.35. The Hall–Kier alpha value is -0.600. The third-order valence-corrected chi connectivity index (χ3v) is 1.85. The summed E-state index contributed by atoms with van der Waals surface area (Å²) >= 11 is 0. The summed E-state index contributed by atoms with van der Waals surface area (Å²) in [4.78, 5) is 0. The molecule has 2 N–H and O–H groups in total. The van der Waals surface area contributed by atoms with Crippen LogP contribution in [0.15, 0.2) is 23.3 Å². The van der Waals surface area contributed by atoms with Crippen molar-refractivity contribution in [1.29, 1.82) is 0 Å². The molecule has 10 heavy (non-hydrogen) atoms. The minimum Gasteiger partial charge on any atom is -0.364 e. The number of allylic oxidation sites excluding steroid dienone is 2. The van der Waals surface area contributed by atoms with Gasteiger partial charge in [-0.05, 0) is 12.8 Å². The molecular weight excluding hydrogens is 128 g/mol. The van der Waals surface area contributed by atoms with E-state index in [1.54, 1.807) is 0 Å². The van der Waals surface area contributed by atoms with Crippen LogP contribution < -0.4 is 0 Å². The highest BCUT2D eigenvalue weighted by Gasteiger charge is 2.14. The lowest BCUT2D eigenvalue weighted by molar-refractivity contribution is -0.00481. The monoisotopic (exact) mass is 140 g/mol. The molecule has 0 amide bonds. The van der Waals surface area contributed by atoms with Gasteiger partial charge in [0.25, 0.3) is 0 Å². The Bertz CT molecular complexity index is 189. The highest BCUT2D eigenvalue weighted by Crippen LogP contribution is 2.24. The molecule has 0 fully saturated rings. The van der Waals surface area contributed by atoms with Gasteiger partial charge in [0, 0.05) is 5.57 Å². The van der Waals surface area contributed by atoms with E-state index in [0.717, 1.165) is 0 Å². The molecule has 1 rings (SSSR count). The largest absolute Gasteiger partial charge is 0.364 e. The topological polar surface area (TPSA) is 40.5 Å². The Morgan fingerprint density at radius 3 is 2.30 bits per heavy atom. The second kappa shape index (κ2) is 2.56. The van der Waals surface area contributed by atoms with E-state index < -0.39 is 6.29 Å². The third kappa shape index (κ3) is 1.28. The minimum absolute atomic E-state index is 0.358. The number of hydrogen-bond acceptors (Lipinski definition) is 2. The van der Waals surface area contributed by atoms with Crippen LogP contribution in [-0.4, -0.2) is 16.5 Å². The molecule has 0 saturated heterocycles. The standard InChI is InChI=1S/C8H12O2/c1-5-3-7(8(9)10)4-6(5)2/h3-5,8-10H,1-2H3. The van der Waals surface area contributed by atoms with Crippen LogP contribution in [-0.2, 0) is 0 Å². The predicted molar refractivity (Wildman–Crippen MR) is 39.2 cm³/mol. The molecule has 1 unspecified atom stereocenters. The Balaban J connectivity index is 2.75. The van der Waals surface area contributed by atoms with Crippen molar-refractivity contribution in [2.45, 2.75) is 20.1 Å². The molecule has 0 aromatic carbocycles. The summed E-state index contributed by atoms with van der Waals surface area (Å²) in [6.45, 7) is 4.01. The highest BCUT2D eigenvalue weighted by atomic mass is 16.5. The summed E-state index contributed by atoms with van der Waals surface area (Å²) in [5.41, 5.74) is 1.80. The van der Waals surface area contributed by atoms with E-state index in [1.807, 2.05) is 26.0 Å². The molecule has 1 aliphatic carbocycles. The lowest BCUT2D eigenvalue weighted by Crippen LogP contribution is -2.04. The maximum absolute atomic E-state index is 8.73. The molecule has 0 bridgehead atoms. The van der Waals surface area contributed by atoms with Crippen LogP contribution in [0.3, 0.4) is 0 Å². The lowest BCUT2D eigenvalue weighted by Gasteiger charge is -1.99. The summed E-state index contributed by atoms with van der Waals surface area (Å²) < 4.78 is 0. The van der Waals surface area contributed by atoms with Crippen molar-refractivity contribution >= 4 is 0 Å². The van der Waals surface area contributed by atoms with Gasteiger partial charge in [-0.2, -0.15) is 0 Å². The summed E-state index contributed by atoms with van der Waals surface area (Å²) in [6.07, 6.45) is 2.37. The van der Waals surface area contributed by atoms with E-state index in [-0.39, 0.29) is 0 Å². The van der Waals surface area contributed by atoms with Crippen LogP contribution in [0.2, 0.25) is 0 Å². The zero-order chi connectivity index (χ0) is 7.72. The van der Waals surface area contributed by atoms with Gasteiger partial charge in [-0.15, -0.1) is 0 Å². The smallest absolute Gasteiger partial charge is 0.178 e. The first kappa shape index (κ1) is 7.51. The average Bonchev–Trinajstić information content (AvgIpc) is 2.13. The molecule has 0 aromatic heterocycles. The lowest BCUT2D eigenvalue weighted by atomic mass is 10.1. The molecule has 1 atom stereocenters. The van der Waals surface area contributed by atoms with E-state index in [9.17, 15) is 0 Å². The van der Waals surface area contributed by atoms with Gasteiger partial charge in [0.05, 0.1) is 0 Å². The molecule has 56 valence electrons. The maximum atomic E-state index is 8.73. The van der Waals surface area contributed by atoms with Gasteiger partial charge in [-0.3, -0.25) is 0 Å². The first-order valence-electron chi connectivity index (χ1n) is 3.37. The van der Waals surface area contributed by atoms with Crippen molar-refractivity contribution in [3.8, 4) is 0 Å². The molecule has 0 aromatic rings. The van der Waals surface area contributed by atoms with Crippen molar-refractivity contribution < 1.29 is 10.2 Å². The van der Waals surface area contributed by atoms with Gasteiger partial charge in [0.15, 0.2) is 6.29 Å². The average molecular weight is 140 g/mol. The van der Waals surface area contributed by atoms with E-state index in [2.05, 4.69) is 0 Å². The van der Waals surface area contributed by atoms with Crippen LogP contribution in [0.25, 0.3) is 0 Å². The molecule has 1 aliphatic rings. The molecule has 0 radical (unpaired) electrons. The van der Waals surface area contributed by atoms with E-state index in [0.29, 0.717) is 11.5 Å². The fraction of sp³-hybridized carbons (Fsp3) is 0.500. The molecular formula is C8H12O2. The van der Waals surface area contributed by atoms with E-state index in [4.69, 9.17) is 10.2 Å². The summed E-state index contributed by atoms with van der Waals surface area (Å²) in [5.74, 6) is 0.358. The summed E-state index contributed by atoms with van der Waals surface area (Å²) in [5, 5.41) is 17.5. The van der Waals surface area contributed by atoms with E-state index in [1.165, 1.54) is 5.57 Å². The number of aliphatic hydroxyl groups is 2. The van der Waals surface area contributed by atoms with Gasteiger partial charge in [0.1, 0.15) is 0 Å². The van der Waals surface area contributed by atoms with Crippen molar-refractivity contribution in [3.63, 3.8) is 0 Å². The number of aliphatic hydroxyl groups excluding tert-OH is 1. The van der Waals surface area contributed by atoms with Crippen LogP contribution in [0.1, 0.15) is 13.8 Å². The third-order valence-electron chi connectivity index (χ3n) is 1.85. The predicted octanol–water partition coefficient (Wildman–Crippen LogP) is 0.820. The summed E-state index contributed by atoms with van der Waals surface area (Å²) in [7, 11) is 0. The van der Waals surface area contributed by atoms with Gasteiger partial charge < -0.3 is 10.2 Å². The zero-order valence-corrected chi connectivity index (χ0v) is 6.20. The SMILES string of the molecule is CC1=CC(C(O)O)=CC1C. The number of hydrogen-bond donors (Lipinski definition) is 2.